The standard InChI is InChI=1S/C20H24.C2H6.CH4/c1-12(2)15-6-8-17-18-9-7-16(13(3)4)11-20(18)14(5)19(17)10-15;1-2;/h6-14H,1-5H3;1-2H3;1H4. The van der Waals surface area contributed by atoms with Crippen molar-refractivity contribution in [2.45, 2.75) is 73.6 Å². The lowest BCUT2D eigenvalue weighted by Crippen LogP contribution is -1.94. The van der Waals surface area contributed by atoms with Gasteiger partial charge in [-0.25, -0.2) is 0 Å². The molecule has 0 nitrogen and oxygen atoms in total. The molecule has 3 rings (SSSR count). The van der Waals surface area contributed by atoms with Gasteiger partial charge in [-0.15, -0.1) is 0 Å². The monoisotopic (exact) mass is 310 g/mol. The molecule has 0 aliphatic heterocycles. The van der Waals surface area contributed by atoms with Crippen LogP contribution in [-0.4, -0.2) is 0 Å². The fourth-order valence-corrected chi connectivity index (χ4v) is 3.26. The van der Waals surface area contributed by atoms with Crippen molar-refractivity contribution < 1.29 is 0 Å². The van der Waals surface area contributed by atoms with E-state index in [2.05, 4.69) is 71.0 Å². The Labute approximate surface area is 144 Å². The van der Waals surface area contributed by atoms with E-state index in [1.54, 1.807) is 0 Å². The minimum atomic E-state index is 0. The molecule has 0 N–H and O–H groups in total. The van der Waals surface area contributed by atoms with Crippen LogP contribution >= 0.6 is 0 Å². The summed E-state index contributed by atoms with van der Waals surface area (Å²) in [6.45, 7) is 15.4. The predicted octanol–water partition coefficient (Wildman–Crippen LogP) is 7.73. The van der Waals surface area contributed by atoms with Crippen molar-refractivity contribution in [2.24, 2.45) is 0 Å². The van der Waals surface area contributed by atoms with Gasteiger partial charge in [0.2, 0.25) is 0 Å². The zero-order valence-corrected chi connectivity index (χ0v) is 15.2. The van der Waals surface area contributed by atoms with E-state index in [1.807, 2.05) is 13.8 Å². The minimum Gasteiger partial charge on any atom is -0.0776 e. The largest absolute Gasteiger partial charge is 0.0776 e. The average Bonchev–Trinajstić information content (AvgIpc) is 2.81. The van der Waals surface area contributed by atoms with Crippen LogP contribution in [0.2, 0.25) is 0 Å². The Morgan fingerprint density at radius 3 is 1.35 bits per heavy atom. The van der Waals surface area contributed by atoms with Crippen molar-refractivity contribution in [3.63, 3.8) is 0 Å². The number of hydrogen-bond acceptors (Lipinski definition) is 0. The number of benzene rings is 2. The zero-order valence-electron chi connectivity index (χ0n) is 15.2. The molecule has 126 valence electrons. The summed E-state index contributed by atoms with van der Waals surface area (Å²) < 4.78 is 0. The fourth-order valence-electron chi connectivity index (χ4n) is 3.26. The summed E-state index contributed by atoms with van der Waals surface area (Å²) in [6.07, 6.45) is 0. The van der Waals surface area contributed by atoms with Crippen LogP contribution in [0.3, 0.4) is 0 Å². The molecule has 0 heteroatoms. The maximum atomic E-state index is 2.42. The summed E-state index contributed by atoms with van der Waals surface area (Å²) in [5.41, 5.74) is 8.79. The normalized spacial score (nSPS) is 12.4. The molecule has 0 unspecified atom stereocenters. The van der Waals surface area contributed by atoms with Crippen LogP contribution in [0.15, 0.2) is 36.4 Å². The van der Waals surface area contributed by atoms with Crippen LogP contribution < -0.4 is 0 Å². The minimum absolute atomic E-state index is 0. The van der Waals surface area contributed by atoms with E-state index >= 15 is 0 Å². The predicted molar refractivity (Wildman–Crippen MR) is 106 cm³/mol. The third-order valence-corrected chi connectivity index (χ3v) is 4.71. The first kappa shape index (κ1) is 19.5. The number of hydrogen-bond donors (Lipinski definition) is 0. The maximum Gasteiger partial charge on any atom is 0.00735 e. The summed E-state index contributed by atoms with van der Waals surface area (Å²) in [5, 5.41) is 0. The first-order valence-corrected chi connectivity index (χ1v) is 8.77. The summed E-state index contributed by atoms with van der Waals surface area (Å²) in [4.78, 5) is 0. The first-order chi connectivity index (χ1) is 10.5. The quantitative estimate of drug-likeness (QED) is 0.532. The van der Waals surface area contributed by atoms with Gasteiger partial charge in [0.05, 0.1) is 0 Å². The molecule has 0 saturated heterocycles. The Morgan fingerprint density at radius 1 is 0.696 bits per heavy atom. The first-order valence-electron chi connectivity index (χ1n) is 8.77. The van der Waals surface area contributed by atoms with E-state index in [-0.39, 0.29) is 7.43 Å². The fraction of sp³-hybridized carbons (Fsp3) is 0.478. The van der Waals surface area contributed by atoms with Gasteiger partial charge in [0.1, 0.15) is 0 Å². The molecule has 0 amide bonds. The molecule has 2 aromatic carbocycles. The highest BCUT2D eigenvalue weighted by atomic mass is 14.3. The zero-order chi connectivity index (χ0) is 16.4. The molecular formula is C23H34. The molecular weight excluding hydrogens is 276 g/mol. The maximum absolute atomic E-state index is 2.42. The van der Waals surface area contributed by atoms with Crippen LogP contribution in [0.5, 0.6) is 0 Å². The lowest BCUT2D eigenvalue weighted by atomic mass is 9.93. The second-order valence-corrected chi connectivity index (χ2v) is 6.72. The van der Waals surface area contributed by atoms with Crippen LogP contribution in [0.1, 0.15) is 95.9 Å². The van der Waals surface area contributed by atoms with Crippen molar-refractivity contribution in [1.82, 2.24) is 0 Å². The Hall–Kier alpha value is -1.56. The molecule has 0 saturated carbocycles. The van der Waals surface area contributed by atoms with E-state index in [0.717, 1.165) is 0 Å². The van der Waals surface area contributed by atoms with Gasteiger partial charge in [-0.1, -0.05) is 92.3 Å². The van der Waals surface area contributed by atoms with E-state index in [9.17, 15) is 0 Å². The van der Waals surface area contributed by atoms with Crippen molar-refractivity contribution in [2.75, 3.05) is 0 Å². The summed E-state index contributed by atoms with van der Waals surface area (Å²) in [7, 11) is 0. The van der Waals surface area contributed by atoms with Gasteiger partial charge in [-0.05, 0) is 45.2 Å². The van der Waals surface area contributed by atoms with E-state index in [4.69, 9.17) is 0 Å². The smallest absolute Gasteiger partial charge is 0.00735 e. The van der Waals surface area contributed by atoms with E-state index in [1.165, 1.54) is 33.4 Å². The molecule has 1 aliphatic carbocycles. The third kappa shape index (κ3) is 3.52. The van der Waals surface area contributed by atoms with Gasteiger partial charge in [0.25, 0.3) is 0 Å². The molecule has 1 aliphatic rings. The Morgan fingerprint density at radius 2 is 1.04 bits per heavy atom. The van der Waals surface area contributed by atoms with Crippen molar-refractivity contribution in [3.05, 3.63) is 58.7 Å². The lowest BCUT2D eigenvalue weighted by molar-refractivity contribution is 0.850. The van der Waals surface area contributed by atoms with Gasteiger partial charge < -0.3 is 0 Å². The Kier molecular flexibility index (Phi) is 6.62. The van der Waals surface area contributed by atoms with Gasteiger partial charge in [-0.3, -0.25) is 0 Å². The van der Waals surface area contributed by atoms with Crippen LogP contribution in [0.25, 0.3) is 11.1 Å². The van der Waals surface area contributed by atoms with Crippen LogP contribution in [0, 0.1) is 0 Å². The molecule has 0 heterocycles. The van der Waals surface area contributed by atoms with Crippen molar-refractivity contribution >= 4 is 0 Å². The molecule has 0 radical (unpaired) electrons. The third-order valence-electron chi connectivity index (χ3n) is 4.71. The second kappa shape index (κ2) is 7.81. The van der Waals surface area contributed by atoms with Crippen LogP contribution in [-0.2, 0) is 0 Å². The summed E-state index contributed by atoms with van der Waals surface area (Å²) in [5.74, 6) is 1.72. The Bertz CT molecular complexity index is 590. The highest BCUT2D eigenvalue weighted by molar-refractivity contribution is 5.79. The molecule has 0 spiro atoms. The van der Waals surface area contributed by atoms with E-state index in [0.29, 0.717) is 17.8 Å². The van der Waals surface area contributed by atoms with Crippen LogP contribution in [0.4, 0.5) is 0 Å². The molecule has 23 heavy (non-hydrogen) atoms. The van der Waals surface area contributed by atoms with Crippen molar-refractivity contribution in [3.8, 4) is 11.1 Å². The molecule has 0 atom stereocenters. The summed E-state index contributed by atoms with van der Waals surface area (Å²) in [6, 6.07) is 14.1. The molecule has 2 aromatic rings. The highest BCUT2D eigenvalue weighted by Crippen LogP contribution is 2.46. The summed E-state index contributed by atoms with van der Waals surface area (Å²) >= 11 is 0. The van der Waals surface area contributed by atoms with Crippen molar-refractivity contribution in [1.29, 1.82) is 0 Å². The molecule has 0 aromatic heterocycles. The molecule has 0 fully saturated rings. The average molecular weight is 311 g/mol. The second-order valence-electron chi connectivity index (χ2n) is 6.72. The topological polar surface area (TPSA) is 0 Å². The Balaban J connectivity index is 0.000000849. The van der Waals surface area contributed by atoms with E-state index < -0.39 is 0 Å². The lowest BCUT2D eigenvalue weighted by Gasteiger charge is -2.11. The number of fused-ring (bicyclic) bond motifs is 3. The van der Waals surface area contributed by atoms with Gasteiger partial charge >= 0.3 is 0 Å². The van der Waals surface area contributed by atoms with Gasteiger partial charge in [0, 0.05) is 5.92 Å². The number of rotatable bonds is 2. The van der Waals surface area contributed by atoms with Gasteiger partial charge in [-0.2, -0.15) is 0 Å². The SMILES string of the molecule is C.CC.CC(C)c1ccc2c(c1)C(C)c1cc(C(C)C)ccc1-2. The molecule has 0 bridgehead atoms. The van der Waals surface area contributed by atoms with Gasteiger partial charge in [0.15, 0.2) is 0 Å². The highest BCUT2D eigenvalue weighted by Gasteiger charge is 2.26.